The number of pyridine rings is 1. The first kappa shape index (κ1) is 16.6. The number of rotatable bonds is 6. The van der Waals surface area contributed by atoms with Crippen LogP contribution in [0.4, 0.5) is 0 Å². The molecule has 2 aliphatic rings. The van der Waals surface area contributed by atoms with Crippen LogP contribution in [0.25, 0.3) is 0 Å². The molecule has 2 fully saturated rings. The topological polar surface area (TPSA) is 91.8 Å². The molecule has 7 nitrogen and oxygen atoms in total. The number of hydrogen-bond donors (Lipinski definition) is 2. The Morgan fingerprint density at radius 3 is 2.57 bits per heavy atom. The first-order valence-electron chi connectivity index (χ1n) is 7.95. The third kappa shape index (κ3) is 3.65. The van der Waals surface area contributed by atoms with Crippen LogP contribution in [-0.2, 0) is 10.2 Å². The van der Waals surface area contributed by atoms with E-state index in [1.54, 1.807) is 12.3 Å². The second kappa shape index (κ2) is 6.72. The van der Waals surface area contributed by atoms with Crippen molar-refractivity contribution in [2.24, 2.45) is 5.92 Å². The molecule has 0 radical (unpaired) electrons. The van der Waals surface area contributed by atoms with E-state index in [9.17, 15) is 13.5 Å². The van der Waals surface area contributed by atoms with Gasteiger partial charge in [0.05, 0.1) is 19.3 Å². The third-order valence-corrected chi connectivity index (χ3v) is 6.23. The van der Waals surface area contributed by atoms with E-state index in [1.807, 2.05) is 6.07 Å². The Hall–Kier alpha value is -1.22. The summed E-state index contributed by atoms with van der Waals surface area (Å²) in [6.07, 6.45) is 4.29. The molecule has 0 unspecified atom stereocenters. The minimum atomic E-state index is -3.52. The van der Waals surface area contributed by atoms with Crippen molar-refractivity contribution in [1.29, 1.82) is 0 Å². The molecule has 1 saturated carbocycles. The van der Waals surface area contributed by atoms with Crippen molar-refractivity contribution in [3.63, 3.8) is 0 Å². The first-order chi connectivity index (χ1) is 11.0. The van der Waals surface area contributed by atoms with Gasteiger partial charge in [0, 0.05) is 25.4 Å². The van der Waals surface area contributed by atoms with Crippen LogP contribution in [0.15, 0.2) is 18.3 Å². The number of methoxy groups -OCH3 is 1. The molecule has 23 heavy (non-hydrogen) atoms. The molecule has 1 atom stereocenters. The number of ether oxygens (including phenoxy) is 1. The summed E-state index contributed by atoms with van der Waals surface area (Å²) in [7, 11) is -1.98. The number of aliphatic hydroxyl groups is 1. The van der Waals surface area contributed by atoms with Crippen molar-refractivity contribution in [1.82, 2.24) is 14.0 Å². The van der Waals surface area contributed by atoms with Gasteiger partial charge in [-0.15, -0.1) is 0 Å². The maximum absolute atomic E-state index is 12.6. The second-order valence-electron chi connectivity index (χ2n) is 6.23. The Balaban J connectivity index is 1.80. The fourth-order valence-corrected chi connectivity index (χ4v) is 4.74. The largest absolute Gasteiger partial charge is 0.481 e. The number of aliphatic hydroxyl groups excluding tert-OH is 1. The van der Waals surface area contributed by atoms with Gasteiger partial charge < -0.3 is 9.84 Å². The Bertz CT molecular complexity index is 623. The fraction of sp³-hybridized carbons (Fsp3) is 0.667. The van der Waals surface area contributed by atoms with Crippen LogP contribution in [0.2, 0.25) is 0 Å². The monoisotopic (exact) mass is 341 g/mol. The Kier molecular flexibility index (Phi) is 4.86. The van der Waals surface area contributed by atoms with Gasteiger partial charge in [-0.05, 0) is 37.2 Å². The zero-order chi connectivity index (χ0) is 16.4. The lowest BCUT2D eigenvalue weighted by Gasteiger charge is -2.38. The lowest BCUT2D eigenvalue weighted by atomic mass is 9.76. The highest BCUT2D eigenvalue weighted by atomic mass is 32.2. The van der Waals surface area contributed by atoms with E-state index in [1.165, 1.54) is 11.4 Å². The Labute approximate surface area is 136 Å². The molecule has 1 aliphatic carbocycles. The zero-order valence-electron chi connectivity index (χ0n) is 13.2. The average Bonchev–Trinajstić information content (AvgIpc) is 3.05. The summed E-state index contributed by atoms with van der Waals surface area (Å²) in [6.45, 7) is 1.13. The predicted octanol–water partition coefficient (Wildman–Crippen LogP) is 0.832. The molecule has 8 heteroatoms. The molecule has 0 amide bonds. The lowest BCUT2D eigenvalue weighted by Crippen LogP contribution is -2.46. The first-order valence-corrected chi connectivity index (χ1v) is 9.39. The van der Waals surface area contributed by atoms with Gasteiger partial charge in [-0.2, -0.15) is 17.4 Å². The van der Waals surface area contributed by atoms with Gasteiger partial charge in [-0.1, -0.05) is 6.07 Å². The molecule has 2 N–H and O–H groups in total. The van der Waals surface area contributed by atoms with Gasteiger partial charge in [0.15, 0.2) is 0 Å². The van der Waals surface area contributed by atoms with Gasteiger partial charge in [0.1, 0.15) is 0 Å². The van der Waals surface area contributed by atoms with Crippen LogP contribution in [0.5, 0.6) is 5.88 Å². The van der Waals surface area contributed by atoms with Gasteiger partial charge >= 0.3 is 0 Å². The number of nitrogens with zero attached hydrogens (tertiary/aromatic N) is 2. The molecule has 1 saturated heterocycles. The lowest BCUT2D eigenvalue weighted by molar-refractivity contribution is 0.0277. The van der Waals surface area contributed by atoms with E-state index in [2.05, 4.69) is 9.71 Å². The van der Waals surface area contributed by atoms with E-state index < -0.39 is 10.2 Å². The van der Waals surface area contributed by atoms with E-state index in [-0.39, 0.29) is 18.1 Å². The summed E-state index contributed by atoms with van der Waals surface area (Å²) < 4.78 is 34.5. The van der Waals surface area contributed by atoms with Crippen LogP contribution in [0.3, 0.4) is 0 Å². The standard InChI is InChI=1S/C15H23N3O4S/c1-22-14-5-4-11(10-16-14)15(12-8-13(19)9-12)17-23(20,21)18-6-2-3-7-18/h4-5,10,12-13,15,17,19H,2-3,6-9H2,1H3/t12?,13?,15-/m1/s1. The highest BCUT2D eigenvalue weighted by Gasteiger charge is 2.38. The maximum Gasteiger partial charge on any atom is 0.280 e. The van der Waals surface area contributed by atoms with Crippen LogP contribution in [0, 0.1) is 5.92 Å². The van der Waals surface area contributed by atoms with E-state index in [4.69, 9.17) is 4.74 Å². The zero-order valence-corrected chi connectivity index (χ0v) is 14.0. The van der Waals surface area contributed by atoms with Crippen molar-refractivity contribution >= 4 is 10.2 Å². The van der Waals surface area contributed by atoms with Crippen molar-refractivity contribution in [3.05, 3.63) is 23.9 Å². The SMILES string of the molecule is COc1ccc([C@@H](NS(=O)(=O)N2CCCC2)C2CC(O)C2)cn1. The second-order valence-corrected chi connectivity index (χ2v) is 7.93. The molecular weight excluding hydrogens is 318 g/mol. The van der Waals surface area contributed by atoms with Crippen LogP contribution in [-0.4, -0.2) is 49.1 Å². The molecule has 1 aromatic heterocycles. The molecule has 0 aromatic carbocycles. The molecule has 0 spiro atoms. The van der Waals surface area contributed by atoms with Crippen molar-refractivity contribution < 1.29 is 18.3 Å². The summed E-state index contributed by atoms with van der Waals surface area (Å²) in [6, 6.07) is 3.18. The molecule has 128 valence electrons. The third-order valence-electron chi connectivity index (χ3n) is 4.63. The molecule has 0 bridgehead atoms. The van der Waals surface area contributed by atoms with Gasteiger partial charge in [-0.3, -0.25) is 0 Å². The summed E-state index contributed by atoms with van der Waals surface area (Å²) >= 11 is 0. The average molecular weight is 341 g/mol. The molecule has 2 heterocycles. The van der Waals surface area contributed by atoms with E-state index >= 15 is 0 Å². The van der Waals surface area contributed by atoms with Crippen molar-refractivity contribution in [3.8, 4) is 5.88 Å². The van der Waals surface area contributed by atoms with Gasteiger partial charge in [0.25, 0.3) is 10.2 Å². The number of nitrogens with one attached hydrogen (secondary N) is 1. The maximum atomic E-state index is 12.6. The van der Waals surface area contributed by atoms with E-state index in [0.29, 0.717) is 31.8 Å². The smallest absolute Gasteiger partial charge is 0.280 e. The van der Waals surface area contributed by atoms with Crippen molar-refractivity contribution in [2.45, 2.75) is 37.8 Å². The fourth-order valence-electron chi connectivity index (χ4n) is 3.20. The predicted molar refractivity (Wildman–Crippen MR) is 85.1 cm³/mol. The summed E-state index contributed by atoms with van der Waals surface area (Å²) in [4.78, 5) is 4.17. The Morgan fingerprint density at radius 2 is 2.04 bits per heavy atom. The molecular formula is C15H23N3O4S. The quantitative estimate of drug-likeness (QED) is 0.800. The number of hydrogen-bond acceptors (Lipinski definition) is 5. The van der Waals surface area contributed by atoms with E-state index in [0.717, 1.165) is 18.4 Å². The molecule has 3 rings (SSSR count). The molecule has 1 aliphatic heterocycles. The highest BCUT2D eigenvalue weighted by Crippen LogP contribution is 2.38. The van der Waals surface area contributed by atoms with Crippen LogP contribution in [0.1, 0.15) is 37.3 Å². The van der Waals surface area contributed by atoms with Crippen molar-refractivity contribution in [2.75, 3.05) is 20.2 Å². The minimum absolute atomic E-state index is 0.0811. The van der Waals surface area contributed by atoms with Gasteiger partial charge in [0.2, 0.25) is 5.88 Å². The van der Waals surface area contributed by atoms with Gasteiger partial charge in [-0.25, -0.2) is 4.98 Å². The highest BCUT2D eigenvalue weighted by molar-refractivity contribution is 7.87. The van der Waals surface area contributed by atoms with Crippen LogP contribution >= 0.6 is 0 Å². The number of aromatic nitrogens is 1. The summed E-state index contributed by atoms with van der Waals surface area (Å²) in [5, 5.41) is 9.58. The normalized spacial score (nSPS) is 26.7. The Morgan fingerprint density at radius 1 is 1.35 bits per heavy atom. The summed E-state index contributed by atoms with van der Waals surface area (Å²) in [5.74, 6) is 0.570. The molecule has 1 aromatic rings. The minimum Gasteiger partial charge on any atom is -0.481 e. The summed E-state index contributed by atoms with van der Waals surface area (Å²) in [5.41, 5.74) is 0.797. The van der Waals surface area contributed by atoms with Crippen LogP contribution < -0.4 is 9.46 Å².